The van der Waals surface area contributed by atoms with E-state index in [2.05, 4.69) is 26.1 Å². The first kappa shape index (κ1) is 12.9. The van der Waals surface area contributed by atoms with Crippen LogP contribution in [-0.2, 0) is 0 Å². The van der Waals surface area contributed by atoms with Crippen molar-refractivity contribution in [2.45, 2.75) is 31.3 Å². The van der Waals surface area contributed by atoms with Crippen LogP contribution >= 0.6 is 15.9 Å². The zero-order valence-electron chi connectivity index (χ0n) is 10.6. The molecule has 3 rings (SSSR count). The molecule has 2 N–H and O–H groups in total. The summed E-state index contributed by atoms with van der Waals surface area (Å²) in [6, 6.07) is 6.42. The standard InChI is InChI=1S/C14H17BrN2O2/c15-12-7-9(14(18)19)1-4-13(12)16-10-5-6-17(8-10)11-2-3-11/h1,4,7,10-11,16H,2-3,5-6,8H2,(H,18,19). The average molecular weight is 325 g/mol. The van der Waals surface area contributed by atoms with Crippen LogP contribution < -0.4 is 5.32 Å². The molecular formula is C14H17BrN2O2. The number of rotatable bonds is 4. The van der Waals surface area contributed by atoms with Crippen molar-refractivity contribution in [1.82, 2.24) is 4.90 Å². The van der Waals surface area contributed by atoms with E-state index < -0.39 is 5.97 Å². The molecule has 0 bridgehead atoms. The van der Waals surface area contributed by atoms with Gasteiger partial charge in [-0.3, -0.25) is 4.90 Å². The Balaban J connectivity index is 1.65. The summed E-state index contributed by atoms with van der Waals surface area (Å²) in [5.41, 5.74) is 1.29. The molecule has 0 spiro atoms. The third-order valence-corrected chi connectivity index (χ3v) is 4.51. The van der Waals surface area contributed by atoms with Crippen molar-refractivity contribution < 1.29 is 9.90 Å². The maximum atomic E-state index is 10.9. The van der Waals surface area contributed by atoms with Crippen molar-refractivity contribution in [2.24, 2.45) is 0 Å². The second-order valence-corrected chi connectivity index (χ2v) is 6.21. The summed E-state index contributed by atoms with van der Waals surface area (Å²) in [6.07, 6.45) is 3.86. The van der Waals surface area contributed by atoms with E-state index in [4.69, 9.17) is 5.11 Å². The summed E-state index contributed by atoms with van der Waals surface area (Å²) in [6.45, 7) is 2.27. The molecule has 5 heteroatoms. The van der Waals surface area contributed by atoms with Gasteiger partial charge in [0, 0.05) is 35.3 Å². The minimum Gasteiger partial charge on any atom is -0.478 e. The van der Waals surface area contributed by atoms with Crippen molar-refractivity contribution in [1.29, 1.82) is 0 Å². The van der Waals surface area contributed by atoms with Gasteiger partial charge < -0.3 is 10.4 Å². The van der Waals surface area contributed by atoms with Crippen molar-refractivity contribution >= 4 is 27.6 Å². The molecule has 1 atom stereocenters. The van der Waals surface area contributed by atoms with Crippen LogP contribution in [0, 0.1) is 0 Å². The second kappa shape index (κ2) is 5.13. The highest BCUT2D eigenvalue weighted by Gasteiger charge is 2.34. The first-order chi connectivity index (χ1) is 9.13. The number of nitrogens with zero attached hydrogens (tertiary/aromatic N) is 1. The van der Waals surface area contributed by atoms with Gasteiger partial charge in [0.2, 0.25) is 0 Å². The SMILES string of the molecule is O=C(O)c1ccc(NC2CCN(C3CC3)C2)c(Br)c1. The molecule has 19 heavy (non-hydrogen) atoms. The second-order valence-electron chi connectivity index (χ2n) is 5.36. The highest BCUT2D eigenvalue weighted by Crippen LogP contribution is 2.31. The quantitative estimate of drug-likeness (QED) is 0.894. The Kier molecular flexibility index (Phi) is 3.50. The fourth-order valence-corrected chi connectivity index (χ4v) is 3.15. The molecule has 2 fully saturated rings. The first-order valence-corrected chi connectivity index (χ1v) is 7.46. The smallest absolute Gasteiger partial charge is 0.335 e. The lowest BCUT2D eigenvalue weighted by Crippen LogP contribution is -2.27. The van der Waals surface area contributed by atoms with Gasteiger partial charge in [-0.15, -0.1) is 0 Å². The van der Waals surface area contributed by atoms with Crippen LogP contribution in [0.4, 0.5) is 5.69 Å². The molecule has 1 saturated heterocycles. The van der Waals surface area contributed by atoms with E-state index in [0.717, 1.165) is 29.2 Å². The Bertz CT molecular complexity index is 502. The van der Waals surface area contributed by atoms with E-state index in [-0.39, 0.29) is 0 Å². The van der Waals surface area contributed by atoms with Gasteiger partial charge >= 0.3 is 5.97 Å². The maximum absolute atomic E-state index is 10.9. The Morgan fingerprint density at radius 1 is 1.37 bits per heavy atom. The molecule has 0 radical (unpaired) electrons. The van der Waals surface area contributed by atoms with E-state index in [1.807, 2.05) is 6.07 Å². The molecular weight excluding hydrogens is 308 g/mol. The number of nitrogens with one attached hydrogen (secondary N) is 1. The van der Waals surface area contributed by atoms with E-state index in [1.54, 1.807) is 12.1 Å². The van der Waals surface area contributed by atoms with Gasteiger partial charge in [0.05, 0.1) is 5.56 Å². The van der Waals surface area contributed by atoms with Gasteiger partial charge in [-0.2, -0.15) is 0 Å². The predicted octanol–water partition coefficient (Wildman–Crippen LogP) is 2.80. The topological polar surface area (TPSA) is 52.6 Å². The number of carbonyl (C=O) groups is 1. The number of hydrogen-bond donors (Lipinski definition) is 2. The molecule has 2 aliphatic rings. The monoisotopic (exact) mass is 324 g/mol. The molecule has 0 amide bonds. The van der Waals surface area contributed by atoms with Gasteiger partial charge in [0.15, 0.2) is 0 Å². The molecule has 1 aromatic carbocycles. The maximum Gasteiger partial charge on any atom is 0.335 e. The third-order valence-electron chi connectivity index (χ3n) is 3.86. The van der Waals surface area contributed by atoms with Crippen LogP contribution in [0.5, 0.6) is 0 Å². The number of anilines is 1. The molecule has 1 saturated carbocycles. The van der Waals surface area contributed by atoms with Gasteiger partial charge in [-0.25, -0.2) is 4.79 Å². The Labute approximate surface area is 120 Å². The largest absolute Gasteiger partial charge is 0.478 e. The molecule has 0 aromatic heterocycles. The molecule has 1 unspecified atom stereocenters. The minimum atomic E-state index is -0.895. The summed E-state index contributed by atoms with van der Waals surface area (Å²) in [7, 11) is 0. The lowest BCUT2D eigenvalue weighted by atomic mass is 10.2. The number of likely N-dealkylation sites (tertiary alicyclic amines) is 1. The van der Waals surface area contributed by atoms with Crippen LogP contribution in [0.3, 0.4) is 0 Å². The van der Waals surface area contributed by atoms with Crippen LogP contribution in [0.1, 0.15) is 29.6 Å². The number of halogens is 1. The zero-order chi connectivity index (χ0) is 13.4. The van der Waals surface area contributed by atoms with E-state index >= 15 is 0 Å². The number of benzene rings is 1. The van der Waals surface area contributed by atoms with Gasteiger partial charge in [-0.05, 0) is 53.4 Å². The lowest BCUT2D eigenvalue weighted by molar-refractivity contribution is 0.0697. The number of hydrogen-bond acceptors (Lipinski definition) is 3. The number of aromatic carboxylic acids is 1. The van der Waals surface area contributed by atoms with Gasteiger partial charge in [0.1, 0.15) is 0 Å². The van der Waals surface area contributed by atoms with Crippen molar-refractivity contribution in [2.75, 3.05) is 18.4 Å². The minimum absolute atomic E-state index is 0.309. The van der Waals surface area contributed by atoms with Crippen LogP contribution in [0.15, 0.2) is 22.7 Å². The normalized spacial score (nSPS) is 23.5. The molecule has 1 heterocycles. The van der Waals surface area contributed by atoms with Gasteiger partial charge in [-0.1, -0.05) is 0 Å². The van der Waals surface area contributed by atoms with Crippen molar-refractivity contribution in [3.63, 3.8) is 0 Å². The lowest BCUT2D eigenvalue weighted by Gasteiger charge is -2.17. The molecule has 1 aromatic rings. The van der Waals surface area contributed by atoms with Crippen molar-refractivity contribution in [3.8, 4) is 0 Å². The molecule has 4 nitrogen and oxygen atoms in total. The third kappa shape index (κ3) is 2.92. The first-order valence-electron chi connectivity index (χ1n) is 6.67. The highest BCUT2D eigenvalue weighted by atomic mass is 79.9. The summed E-state index contributed by atoms with van der Waals surface area (Å²) in [4.78, 5) is 13.4. The summed E-state index contributed by atoms with van der Waals surface area (Å²) in [5, 5.41) is 12.4. The van der Waals surface area contributed by atoms with Gasteiger partial charge in [0.25, 0.3) is 0 Å². The van der Waals surface area contributed by atoms with Crippen LogP contribution in [0.2, 0.25) is 0 Å². The molecule has 1 aliphatic carbocycles. The zero-order valence-corrected chi connectivity index (χ0v) is 12.2. The Morgan fingerprint density at radius 2 is 2.16 bits per heavy atom. The summed E-state index contributed by atoms with van der Waals surface area (Å²) in [5.74, 6) is -0.895. The van der Waals surface area contributed by atoms with Crippen molar-refractivity contribution in [3.05, 3.63) is 28.2 Å². The summed E-state index contributed by atoms with van der Waals surface area (Å²) < 4.78 is 0.817. The Hall–Kier alpha value is -1.07. The summed E-state index contributed by atoms with van der Waals surface area (Å²) >= 11 is 3.44. The fourth-order valence-electron chi connectivity index (χ4n) is 2.66. The van der Waals surface area contributed by atoms with E-state index in [0.29, 0.717) is 11.6 Å². The predicted molar refractivity (Wildman–Crippen MR) is 77.7 cm³/mol. The Morgan fingerprint density at radius 3 is 2.79 bits per heavy atom. The van der Waals surface area contributed by atoms with E-state index in [1.165, 1.54) is 19.4 Å². The highest BCUT2D eigenvalue weighted by molar-refractivity contribution is 9.10. The van der Waals surface area contributed by atoms with E-state index in [9.17, 15) is 4.79 Å². The average Bonchev–Trinajstić information content (AvgIpc) is 3.12. The van der Waals surface area contributed by atoms with Crippen LogP contribution in [0.25, 0.3) is 0 Å². The number of carboxylic acid groups (broad SMARTS) is 1. The number of carboxylic acids is 1. The molecule has 102 valence electrons. The fraction of sp³-hybridized carbons (Fsp3) is 0.500. The molecule has 1 aliphatic heterocycles. The van der Waals surface area contributed by atoms with Crippen LogP contribution in [-0.4, -0.2) is 41.1 Å².